The zero-order valence-electron chi connectivity index (χ0n) is 15.0. The standard InChI is InChI=1S/C20H18Cl2F3N3/c1-13-27-18(21)19(22)28(13)11-10-26-12-14-2-4-15(5-3-14)16-6-8-17(9-7-16)20(23,24)25/h2-9,26H,10-12H2,1H3. The fourth-order valence-electron chi connectivity index (χ4n) is 2.85. The maximum atomic E-state index is 12.7. The summed E-state index contributed by atoms with van der Waals surface area (Å²) in [5.41, 5.74) is 2.04. The summed E-state index contributed by atoms with van der Waals surface area (Å²) in [6.45, 7) is 3.84. The molecule has 0 amide bonds. The van der Waals surface area contributed by atoms with Gasteiger partial charge in [-0.05, 0) is 35.7 Å². The number of aryl methyl sites for hydroxylation is 1. The molecule has 1 heterocycles. The van der Waals surface area contributed by atoms with Crippen LogP contribution in [-0.2, 0) is 19.3 Å². The van der Waals surface area contributed by atoms with Gasteiger partial charge in [-0.15, -0.1) is 0 Å². The van der Waals surface area contributed by atoms with Crippen LogP contribution in [0.1, 0.15) is 17.0 Å². The van der Waals surface area contributed by atoms with Crippen LogP contribution in [0.5, 0.6) is 0 Å². The number of hydrogen-bond donors (Lipinski definition) is 1. The number of alkyl halides is 3. The molecule has 0 spiro atoms. The minimum atomic E-state index is -4.32. The van der Waals surface area contributed by atoms with Gasteiger partial charge >= 0.3 is 6.18 Å². The summed E-state index contributed by atoms with van der Waals surface area (Å²) in [6.07, 6.45) is -4.32. The highest BCUT2D eigenvalue weighted by molar-refractivity contribution is 6.40. The van der Waals surface area contributed by atoms with Crippen molar-refractivity contribution in [1.29, 1.82) is 0 Å². The van der Waals surface area contributed by atoms with Crippen molar-refractivity contribution in [3.05, 3.63) is 75.8 Å². The van der Waals surface area contributed by atoms with E-state index in [0.717, 1.165) is 34.6 Å². The molecule has 0 bridgehead atoms. The van der Waals surface area contributed by atoms with Crippen LogP contribution in [0, 0.1) is 6.92 Å². The van der Waals surface area contributed by atoms with Gasteiger partial charge in [0.2, 0.25) is 0 Å². The Hall–Kier alpha value is -2.02. The molecule has 28 heavy (non-hydrogen) atoms. The van der Waals surface area contributed by atoms with E-state index in [-0.39, 0.29) is 0 Å². The van der Waals surface area contributed by atoms with Crippen molar-refractivity contribution in [2.24, 2.45) is 0 Å². The molecule has 8 heteroatoms. The molecule has 1 N–H and O–H groups in total. The highest BCUT2D eigenvalue weighted by Crippen LogP contribution is 2.31. The Morgan fingerprint density at radius 1 is 0.964 bits per heavy atom. The molecular formula is C20H18Cl2F3N3. The van der Waals surface area contributed by atoms with Gasteiger partial charge in [-0.1, -0.05) is 59.6 Å². The monoisotopic (exact) mass is 427 g/mol. The Balaban J connectivity index is 1.54. The first-order valence-electron chi connectivity index (χ1n) is 8.61. The SMILES string of the molecule is Cc1nc(Cl)c(Cl)n1CCNCc1ccc(-c2ccc(C(F)(F)F)cc2)cc1. The summed E-state index contributed by atoms with van der Waals surface area (Å²) < 4.78 is 39.8. The second kappa shape index (κ2) is 8.55. The molecule has 3 aromatic rings. The smallest absolute Gasteiger partial charge is 0.317 e. The number of halogens is 5. The van der Waals surface area contributed by atoms with Crippen molar-refractivity contribution >= 4 is 23.2 Å². The number of nitrogens with one attached hydrogen (secondary N) is 1. The third-order valence-corrected chi connectivity index (χ3v) is 5.14. The van der Waals surface area contributed by atoms with Crippen molar-refractivity contribution in [3.63, 3.8) is 0 Å². The summed E-state index contributed by atoms with van der Waals surface area (Å²) in [5.74, 6) is 0.762. The fourth-order valence-corrected chi connectivity index (χ4v) is 3.33. The first kappa shape index (κ1) is 20.7. The second-order valence-corrected chi connectivity index (χ2v) is 7.06. The third kappa shape index (κ3) is 4.87. The predicted molar refractivity (Wildman–Crippen MR) is 106 cm³/mol. The zero-order valence-corrected chi connectivity index (χ0v) is 16.5. The fraction of sp³-hybridized carbons (Fsp3) is 0.250. The van der Waals surface area contributed by atoms with Gasteiger partial charge in [-0.3, -0.25) is 0 Å². The molecule has 0 aliphatic heterocycles. The average Bonchev–Trinajstić information content (AvgIpc) is 2.91. The third-order valence-electron chi connectivity index (χ3n) is 4.40. The van der Waals surface area contributed by atoms with Gasteiger partial charge in [0.15, 0.2) is 5.15 Å². The van der Waals surface area contributed by atoms with Gasteiger partial charge in [0.05, 0.1) is 5.56 Å². The maximum Gasteiger partial charge on any atom is 0.416 e. The summed E-state index contributed by atoms with van der Waals surface area (Å²) >= 11 is 12.0. The Kier molecular flexibility index (Phi) is 6.33. The van der Waals surface area contributed by atoms with E-state index in [1.54, 1.807) is 0 Å². The molecule has 0 aliphatic carbocycles. The van der Waals surface area contributed by atoms with Crippen LogP contribution < -0.4 is 5.32 Å². The molecule has 0 aliphatic rings. The van der Waals surface area contributed by atoms with E-state index in [4.69, 9.17) is 23.2 Å². The van der Waals surface area contributed by atoms with E-state index in [2.05, 4.69) is 10.3 Å². The Morgan fingerprint density at radius 2 is 1.54 bits per heavy atom. The lowest BCUT2D eigenvalue weighted by atomic mass is 10.0. The van der Waals surface area contributed by atoms with E-state index in [1.165, 1.54) is 12.1 Å². The molecular weight excluding hydrogens is 410 g/mol. The zero-order chi connectivity index (χ0) is 20.3. The lowest BCUT2D eigenvalue weighted by Crippen LogP contribution is -2.20. The van der Waals surface area contributed by atoms with Gasteiger partial charge in [-0.2, -0.15) is 13.2 Å². The van der Waals surface area contributed by atoms with Crippen molar-refractivity contribution in [2.75, 3.05) is 6.54 Å². The molecule has 0 saturated heterocycles. The van der Waals surface area contributed by atoms with Gasteiger partial charge in [0.1, 0.15) is 11.0 Å². The van der Waals surface area contributed by atoms with Crippen molar-refractivity contribution in [3.8, 4) is 11.1 Å². The molecule has 3 nitrogen and oxygen atoms in total. The highest BCUT2D eigenvalue weighted by Gasteiger charge is 2.29. The quantitative estimate of drug-likeness (QED) is 0.490. The Bertz CT molecular complexity index is 933. The first-order valence-corrected chi connectivity index (χ1v) is 9.36. The van der Waals surface area contributed by atoms with Gasteiger partial charge in [0, 0.05) is 19.6 Å². The summed E-state index contributed by atoms with van der Waals surface area (Å²) in [4.78, 5) is 4.11. The molecule has 3 rings (SSSR count). The Labute approximate surface area is 171 Å². The summed E-state index contributed by atoms with van der Waals surface area (Å²) in [6, 6.07) is 12.9. The number of benzene rings is 2. The minimum absolute atomic E-state index is 0.304. The molecule has 0 fully saturated rings. The van der Waals surface area contributed by atoms with Crippen LogP contribution >= 0.6 is 23.2 Å². The predicted octanol–water partition coefficient (Wildman–Crippen LogP) is 5.97. The van der Waals surface area contributed by atoms with Crippen molar-refractivity contribution < 1.29 is 13.2 Å². The van der Waals surface area contributed by atoms with E-state index >= 15 is 0 Å². The molecule has 0 radical (unpaired) electrons. The topological polar surface area (TPSA) is 29.9 Å². The summed E-state index contributed by atoms with van der Waals surface area (Å²) in [5, 5.41) is 4.06. The Morgan fingerprint density at radius 3 is 2.04 bits per heavy atom. The van der Waals surface area contributed by atoms with E-state index in [0.29, 0.717) is 29.9 Å². The molecule has 2 aromatic carbocycles. The maximum absolute atomic E-state index is 12.7. The largest absolute Gasteiger partial charge is 0.416 e. The number of aromatic nitrogens is 2. The van der Waals surface area contributed by atoms with Crippen LogP contribution in [-0.4, -0.2) is 16.1 Å². The van der Waals surface area contributed by atoms with Crippen LogP contribution in [0.2, 0.25) is 10.3 Å². The van der Waals surface area contributed by atoms with Gasteiger partial charge in [0.25, 0.3) is 0 Å². The number of nitrogens with zero attached hydrogens (tertiary/aromatic N) is 2. The van der Waals surface area contributed by atoms with Crippen LogP contribution in [0.15, 0.2) is 48.5 Å². The normalized spacial score (nSPS) is 11.8. The lowest BCUT2D eigenvalue weighted by molar-refractivity contribution is -0.137. The number of rotatable bonds is 6. The number of hydrogen-bond acceptors (Lipinski definition) is 2. The van der Waals surface area contributed by atoms with Crippen LogP contribution in [0.3, 0.4) is 0 Å². The van der Waals surface area contributed by atoms with E-state index < -0.39 is 11.7 Å². The van der Waals surface area contributed by atoms with Crippen molar-refractivity contribution in [1.82, 2.24) is 14.9 Å². The van der Waals surface area contributed by atoms with Crippen LogP contribution in [0.25, 0.3) is 11.1 Å². The minimum Gasteiger partial charge on any atom is -0.317 e. The molecule has 0 saturated carbocycles. The van der Waals surface area contributed by atoms with Crippen molar-refractivity contribution in [2.45, 2.75) is 26.2 Å². The van der Waals surface area contributed by atoms with Crippen LogP contribution in [0.4, 0.5) is 13.2 Å². The molecule has 0 atom stereocenters. The second-order valence-electron chi connectivity index (χ2n) is 6.34. The molecule has 148 valence electrons. The van der Waals surface area contributed by atoms with Gasteiger partial charge < -0.3 is 9.88 Å². The van der Waals surface area contributed by atoms with Gasteiger partial charge in [-0.25, -0.2) is 4.98 Å². The number of imidazole rings is 1. The first-order chi connectivity index (χ1) is 13.3. The lowest BCUT2D eigenvalue weighted by Gasteiger charge is -2.10. The molecule has 1 aromatic heterocycles. The van der Waals surface area contributed by atoms with E-state index in [1.807, 2.05) is 35.8 Å². The molecule has 0 unspecified atom stereocenters. The highest BCUT2D eigenvalue weighted by atomic mass is 35.5. The summed E-state index contributed by atoms with van der Waals surface area (Å²) in [7, 11) is 0. The van der Waals surface area contributed by atoms with E-state index in [9.17, 15) is 13.2 Å². The average molecular weight is 428 g/mol.